The molecule has 1 saturated carbocycles. The molecule has 0 saturated heterocycles. The number of pyridine rings is 1. The van der Waals surface area contributed by atoms with Crippen LogP contribution in [-0.4, -0.2) is 57.9 Å². The summed E-state index contributed by atoms with van der Waals surface area (Å²) in [4.78, 5) is 17.4. The predicted octanol–water partition coefficient (Wildman–Crippen LogP) is 6.14. The molecule has 0 unspecified atom stereocenters. The highest BCUT2D eigenvalue weighted by molar-refractivity contribution is 7.89. The number of fused-ring (bicyclic) bond motifs is 3. The molecule has 4 aromatic rings. The number of nitrogens with zero attached hydrogens (tertiary/aromatic N) is 5. The van der Waals surface area contributed by atoms with E-state index in [0.717, 1.165) is 65.4 Å². The monoisotopic (exact) mass is 677 g/mol. The summed E-state index contributed by atoms with van der Waals surface area (Å²) < 4.78 is 43.2. The number of hydrogen-bond donors (Lipinski definition) is 0. The van der Waals surface area contributed by atoms with Gasteiger partial charge in [0.1, 0.15) is 16.5 Å². The van der Waals surface area contributed by atoms with Crippen LogP contribution in [0.1, 0.15) is 96.7 Å². The van der Waals surface area contributed by atoms with Gasteiger partial charge in [0.2, 0.25) is 15.9 Å². The summed E-state index contributed by atoms with van der Waals surface area (Å²) in [5, 5.41) is 9.15. The first-order valence-corrected chi connectivity index (χ1v) is 18.4. The summed E-state index contributed by atoms with van der Waals surface area (Å²) in [6, 6.07) is 8.01. The lowest BCUT2D eigenvalue weighted by atomic mass is 9.82. The Kier molecular flexibility index (Phi) is 8.51. The third-order valence-corrected chi connectivity index (χ3v) is 11.9. The Morgan fingerprint density at radius 1 is 1.17 bits per heavy atom. The maximum atomic E-state index is 14.1. The number of ether oxygens (including phenoxy) is 2. The number of aryl methyl sites for hydroxylation is 3. The number of halogens is 1. The second-order valence-corrected chi connectivity index (χ2v) is 15.3. The first kappa shape index (κ1) is 32.0. The average Bonchev–Trinajstić information content (AvgIpc) is 3.67. The van der Waals surface area contributed by atoms with Crippen molar-refractivity contribution in [3.05, 3.63) is 74.4 Å². The molecule has 1 aliphatic heterocycles. The Morgan fingerprint density at radius 3 is 2.72 bits per heavy atom. The van der Waals surface area contributed by atoms with Gasteiger partial charge < -0.3 is 9.47 Å². The minimum absolute atomic E-state index is 0.0190. The van der Waals surface area contributed by atoms with Crippen LogP contribution < -0.4 is 4.74 Å². The van der Waals surface area contributed by atoms with E-state index in [1.54, 1.807) is 0 Å². The van der Waals surface area contributed by atoms with Crippen molar-refractivity contribution in [2.24, 2.45) is 7.05 Å². The van der Waals surface area contributed by atoms with Crippen LogP contribution in [0.3, 0.4) is 0 Å². The summed E-state index contributed by atoms with van der Waals surface area (Å²) in [5.74, 6) is -0.0525. The molecule has 0 N–H and O–H groups in total. The van der Waals surface area contributed by atoms with E-state index in [9.17, 15) is 13.2 Å². The van der Waals surface area contributed by atoms with Gasteiger partial charge in [-0.25, -0.2) is 18.1 Å². The van der Waals surface area contributed by atoms with E-state index in [4.69, 9.17) is 21.1 Å². The van der Waals surface area contributed by atoms with Crippen molar-refractivity contribution in [3.63, 3.8) is 0 Å². The lowest BCUT2D eigenvalue weighted by Gasteiger charge is -2.26. The van der Waals surface area contributed by atoms with Gasteiger partial charge in [-0.2, -0.15) is 4.31 Å². The Bertz CT molecular complexity index is 1990. The van der Waals surface area contributed by atoms with Gasteiger partial charge >= 0.3 is 5.97 Å². The third-order valence-electron chi connectivity index (χ3n) is 9.89. The highest BCUT2D eigenvalue weighted by atomic mass is 35.5. The van der Waals surface area contributed by atoms with E-state index in [1.807, 2.05) is 25.6 Å². The second-order valence-electron chi connectivity index (χ2n) is 13.0. The van der Waals surface area contributed by atoms with Crippen LogP contribution in [-0.2, 0) is 46.0 Å². The lowest BCUT2D eigenvalue weighted by Crippen LogP contribution is -2.36. The molecule has 2 aromatic carbocycles. The zero-order valence-corrected chi connectivity index (χ0v) is 28.8. The number of sulfonamides is 1. The SMILES string of the molecule is CCOC(=O)C[C@H](c1cc2c(c(CN3C[C@@H](CC)Oc4ncc(Cl)cc4S3(=O)=O)c1)CCC2)c1cc(C2CC2)c2c(nnn2C)c1C. The summed E-state index contributed by atoms with van der Waals surface area (Å²) in [6.45, 7) is 6.50. The largest absolute Gasteiger partial charge is 0.472 e. The minimum atomic E-state index is -3.98. The molecule has 10 nitrogen and oxygen atoms in total. The van der Waals surface area contributed by atoms with Gasteiger partial charge in [0.15, 0.2) is 0 Å². The van der Waals surface area contributed by atoms with Crippen LogP contribution in [0.2, 0.25) is 5.02 Å². The predicted molar refractivity (Wildman–Crippen MR) is 178 cm³/mol. The topological polar surface area (TPSA) is 117 Å². The van der Waals surface area contributed by atoms with Gasteiger partial charge in [-0.15, -0.1) is 5.10 Å². The molecule has 248 valence electrons. The summed E-state index contributed by atoms with van der Waals surface area (Å²) in [7, 11) is -2.05. The summed E-state index contributed by atoms with van der Waals surface area (Å²) in [6.07, 6.45) is 6.80. The zero-order chi connectivity index (χ0) is 33.0. The summed E-state index contributed by atoms with van der Waals surface area (Å²) >= 11 is 6.23. The maximum absolute atomic E-state index is 14.1. The molecule has 0 radical (unpaired) electrons. The van der Waals surface area contributed by atoms with Gasteiger partial charge in [0.05, 0.1) is 30.1 Å². The molecule has 2 aromatic heterocycles. The quantitative estimate of drug-likeness (QED) is 0.194. The minimum Gasteiger partial charge on any atom is -0.472 e. The molecule has 2 atom stereocenters. The standard InChI is InChI=1S/C35H40ClN5O5S/c1-5-26-19-41(47(43,44)31-14-25(36)17-37-35(31)46-26)18-24-13-23(12-22-8-7-9-27(22)24)29(16-32(42)45-6-2)28-15-30(21-10-11-21)34-33(20(28)3)38-39-40(34)4/h12-15,17,21,26,29H,5-11,16,18-19H2,1-4H3/t26-,29-/m1/s1. The van der Waals surface area contributed by atoms with Gasteiger partial charge in [0.25, 0.3) is 0 Å². The summed E-state index contributed by atoms with van der Waals surface area (Å²) in [5.41, 5.74) is 9.45. The fraction of sp³-hybridized carbons (Fsp3) is 0.486. The number of esters is 1. The second kappa shape index (κ2) is 12.5. The van der Waals surface area contributed by atoms with Crippen LogP contribution >= 0.6 is 11.6 Å². The Labute approximate surface area is 280 Å². The normalized spacial score (nSPS) is 19.6. The Hall–Kier alpha value is -3.54. The smallest absolute Gasteiger partial charge is 0.306 e. The lowest BCUT2D eigenvalue weighted by molar-refractivity contribution is -0.143. The van der Waals surface area contributed by atoms with Gasteiger partial charge in [-0.3, -0.25) is 4.79 Å². The number of carbonyl (C=O) groups is 1. The first-order valence-electron chi connectivity index (χ1n) is 16.5. The average molecular weight is 678 g/mol. The van der Waals surface area contributed by atoms with E-state index in [2.05, 4.69) is 40.4 Å². The Balaban J connectivity index is 1.36. The van der Waals surface area contributed by atoms with Crippen molar-refractivity contribution in [1.82, 2.24) is 24.3 Å². The fourth-order valence-corrected chi connectivity index (χ4v) is 9.10. The van der Waals surface area contributed by atoms with Gasteiger partial charge in [0, 0.05) is 25.7 Å². The highest BCUT2D eigenvalue weighted by Crippen LogP contribution is 2.46. The van der Waals surface area contributed by atoms with Crippen LogP contribution in [0, 0.1) is 6.92 Å². The molecule has 2 aliphatic carbocycles. The molecule has 1 fully saturated rings. The third kappa shape index (κ3) is 5.91. The van der Waals surface area contributed by atoms with Crippen LogP contribution in [0.5, 0.6) is 5.88 Å². The van der Waals surface area contributed by atoms with E-state index in [1.165, 1.54) is 33.3 Å². The molecule has 0 bridgehead atoms. The van der Waals surface area contributed by atoms with Gasteiger partial charge in [-0.05, 0) is 103 Å². The molecule has 0 amide bonds. The number of benzene rings is 2. The highest BCUT2D eigenvalue weighted by Gasteiger charge is 2.37. The molecule has 3 aliphatic rings. The number of carbonyl (C=O) groups excluding carboxylic acids is 1. The zero-order valence-electron chi connectivity index (χ0n) is 27.3. The maximum Gasteiger partial charge on any atom is 0.306 e. The van der Waals surface area contributed by atoms with Crippen molar-refractivity contribution in [2.45, 2.75) is 95.1 Å². The fourth-order valence-electron chi connectivity index (χ4n) is 7.34. The molecule has 7 rings (SSSR count). The molecular formula is C35H40ClN5O5S. The van der Waals surface area contributed by atoms with E-state index >= 15 is 0 Å². The van der Waals surface area contributed by atoms with Crippen molar-refractivity contribution in [2.75, 3.05) is 13.2 Å². The van der Waals surface area contributed by atoms with E-state index in [-0.39, 0.29) is 53.3 Å². The van der Waals surface area contributed by atoms with Crippen molar-refractivity contribution >= 4 is 38.6 Å². The number of rotatable bonds is 9. The molecular weight excluding hydrogens is 638 g/mol. The van der Waals surface area contributed by atoms with Crippen molar-refractivity contribution < 1.29 is 22.7 Å². The van der Waals surface area contributed by atoms with Gasteiger partial charge in [-0.1, -0.05) is 41.9 Å². The van der Waals surface area contributed by atoms with Crippen LogP contribution in [0.25, 0.3) is 11.0 Å². The number of hydrogen-bond acceptors (Lipinski definition) is 8. The first-order chi connectivity index (χ1) is 22.6. The van der Waals surface area contributed by atoms with E-state index in [0.29, 0.717) is 18.9 Å². The van der Waals surface area contributed by atoms with Crippen molar-refractivity contribution in [3.8, 4) is 5.88 Å². The van der Waals surface area contributed by atoms with Crippen LogP contribution in [0.4, 0.5) is 0 Å². The van der Waals surface area contributed by atoms with E-state index < -0.39 is 10.0 Å². The molecule has 12 heteroatoms. The molecule has 47 heavy (non-hydrogen) atoms. The Morgan fingerprint density at radius 2 is 1.98 bits per heavy atom. The molecule has 3 heterocycles. The van der Waals surface area contributed by atoms with Crippen LogP contribution in [0.15, 0.2) is 35.4 Å². The van der Waals surface area contributed by atoms with Crippen molar-refractivity contribution in [1.29, 1.82) is 0 Å². The number of aromatic nitrogens is 4. The molecule has 0 spiro atoms.